The Morgan fingerprint density at radius 1 is 0.923 bits per heavy atom. The second kappa shape index (κ2) is 8.89. The zero-order chi connectivity index (χ0) is 19.1. The van der Waals surface area contributed by atoms with Crippen molar-refractivity contribution < 1.29 is 23.8 Å². The van der Waals surface area contributed by atoms with Gasteiger partial charge < -0.3 is 19.5 Å². The Kier molecular flexibility index (Phi) is 6.60. The van der Waals surface area contributed by atoms with Crippen LogP contribution in [0.25, 0.3) is 0 Å². The van der Waals surface area contributed by atoms with E-state index in [2.05, 4.69) is 5.32 Å². The van der Waals surface area contributed by atoms with Gasteiger partial charge in [0, 0.05) is 6.54 Å². The van der Waals surface area contributed by atoms with Gasteiger partial charge in [0.1, 0.15) is 0 Å². The number of rotatable bonds is 7. The van der Waals surface area contributed by atoms with Crippen LogP contribution in [0, 0.1) is 13.8 Å². The molecule has 0 aromatic heterocycles. The zero-order valence-corrected chi connectivity index (χ0v) is 15.4. The molecule has 0 saturated heterocycles. The molecule has 2 aromatic rings. The van der Waals surface area contributed by atoms with Gasteiger partial charge in [0.05, 0.1) is 19.8 Å². The van der Waals surface area contributed by atoms with Gasteiger partial charge in [-0.1, -0.05) is 23.3 Å². The van der Waals surface area contributed by atoms with Crippen molar-refractivity contribution in [2.24, 2.45) is 0 Å². The van der Waals surface area contributed by atoms with Crippen molar-refractivity contribution in [1.29, 1.82) is 0 Å². The Morgan fingerprint density at radius 2 is 1.58 bits per heavy atom. The molecule has 6 nitrogen and oxygen atoms in total. The van der Waals surface area contributed by atoms with Crippen LogP contribution >= 0.6 is 0 Å². The lowest BCUT2D eigenvalue weighted by Crippen LogP contribution is -2.28. The SMILES string of the molecule is COc1ccc(CNC(=O)COC(=O)c2cc(C)cc(C)c2)cc1OC. The Balaban J connectivity index is 1.86. The van der Waals surface area contributed by atoms with Crippen molar-refractivity contribution in [2.45, 2.75) is 20.4 Å². The third-order valence-electron chi connectivity index (χ3n) is 3.73. The molecule has 0 saturated carbocycles. The number of carbonyl (C=O) groups is 2. The number of methoxy groups -OCH3 is 2. The molecule has 0 atom stereocenters. The number of amides is 1. The van der Waals surface area contributed by atoms with E-state index < -0.39 is 5.97 Å². The van der Waals surface area contributed by atoms with Gasteiger partial charge in [-0.05, 0) is 43.7 Å². The van der Waals surface area contributed by atoms with Crippen LogP contribution in [-0.4, -0.2) is 32.7 Å². The highest BCUT2D eigenvalue weighted by Crippen LogP contribution is 2.27. The van der Waals surface area contributed by atoms with E-state index >= 15 is 0 Å². The van der Waals surface area contributed by atoms with Gasteiger partial charge in [-0.3, -0.25) is 4.79 Å². The Bertz CT molecular complexity index is 781. The summed E-state index contributed by atoms with van der Waals surface area (Å²) in [6.07, 6.45) is 0. The van der Waals surface area contributed by atoms with Gasteiger partial charge in [-0.2, -0.15) is 0 Å². The van der Waals surface area contributed by atoms with Crippen molar-refractivity contribution >= 4 is 11.9 Å². The number of hydrogen-bond acceptors (Lipinski definition) is 5. The Hall–Kier alpha value is -3.02. The summed E-state index contributed by atoms with van der Waals surface area (Å²) in [5.41, 5.74) is 3.22. The van der Waals surface area contributed by atoms with Crippen molar-refractivity contribution in [3.63, 3.8) is 0 Å². The predicted molar refractivity (Wildman–Crippen MR) is 97.6 cm³/mol. The van der Waals surface area contributed by atoms with E-state index in [1.807, 2.05) is 26.0 Å². The minimum atomic E-state index is -0.516. The molecular weight excluding hydrogens is 334 g/mol. The molecule has 1 amide bonds. The summed E-state index contributed by atoms with van der Waals surface area (Å²) in [6.45, 7) is 3.76. The normalized spacial score (nSPS) is 10.2. The topological polar surface area (TPSA) is 73.9 Å². The third kappa shape index (κ3) is 5.24. The van der Waals surface area contributed by atoms with Crippen LogP contribution in [0.4, 0.5) is 0 Å². The van der Waals surface area contributed by atoms with Crippen LogP contribution < -0.4 is 14.8 Å². The van der Waals surface area contributed by atoms with E-state index in [9.17, 15) is 9.59 Å². The number of carbonyl (C=O) groups excluding carboxylic acids is 2. The van der Waals surface area contributed by atoms with Gasteiger partial charge in [-0.15, -0.1) is 0 Å². The molecule has 0 radical (unpaired) electrons. The van der Waals surface area contributed by atoms with Gasteiger partial charge in [-0.25, -0.2) is 4.79 Å². The zero-order valence-electron chi connectivity index (χ0n) is 15.4. The van der Waals surface area contributed by atoms with Gasteiger partial charge in [0.15, 0.2) is 18.1 Å². The summed E-state index contributed by atoms with van der Waals surface area (Å²) in [5, 5.41) is 2.70. The van der Waals surface area contributed by atoms with Crippen LogP contribution in [0.1, 0.15) is 27.0 Å². The maximum absolute atomic E-state index is 12.0. The maximum atomic E-state index is 12.0. The molecule has 1 N–H and O–H groups in total. The molecule has 0 bridgehead atoms. The Morgan fingerprint density at radius 3 is 2.19 bits per heavy atom. The lowest BCUT2D eigenvalue weighted by molar-refractivity contribution is -0.124. The molecule has 0 unspecified atom stereocenters. The average molecular weight is 357 g/mol. The average Bonchev–Trinajstić information content (AvgIpc) is 2.63. The van der Waals surface area contributed by atoms with Gasteiger partial charge >= 0.3 is 5.97 Å². The van der Waals surface area contributed by atoms with Crippen molar-refractivity contribution in [3.05, 3.63) is 58.7 Å². The van der Waals surface area contributed by atoms with Crippen molar-refractivity contribution in [3.8, 4) is 11.5 Å². The molecule has 0 heterocycles. The molecule has 26 heavy (non-hydrogen) atoms. The summed E-state index contributed by atoms with van der Waals surface area (Å²) < 4.78 is 15.5. The highest BCUT2D eigenvalue weighted by Gasteiger charge is 2.11. The van der Waals surface area contributed by atoms with E-state index in [4.69, 9.17) is 14.2 Å². The third-order valence-corrected chi connectivity index (χ3v) is 3.73. The first-order chi connectivity index (χ1) is 12.4. The smallest absolute Gasteiger partial charge is 0.338 e. The number of nitrogens with one attached hydrogen (secondary N) is 1. The fraction of sp³-hybridized carbons (Fsp3) is 0.300. The monoisotopic (exact) mass is 357 g/mol. The summed E-state index contributed by atoms with van der Waals surface area (Å²) in [7, 11) is 3.11. The number of hydrogen-bond donors (Lipinski definition) is 1. The maximum Gasteiger partial charge on any atom is 0.338 e. The number of aryl methyl sites for hydroxylation is 2. The summed E-state index contributed by atoms with van der Waals surface area (Å²) >= 11 is 0. The molecule has 0 spiro atoms. The summed E-state index contributed by atoms with van der Waals surface area (Å²) in [6, 6.07) is 10.8. The van der Waals surface area contributed by atoms with Crippen LogP contribution in [0.2, 0.25) is 0 Å². The van der Waals surface area contributed by atoms with Crippen LogP contribution in [0.5, 0.6) is 11.5 Å². The number of esters is 1. The molecule has 0 aliphatic rings. The van der Waals surface area contributed by atoms with E-state index in [0.29, 0.717) is 23.6 Å². The molecule has 0 fully saturated rings. The fourth-order valence-corrected chi connectivity index (χ4v) is 2.55. The van der Waals surface area contributed by atoms with Crippen molar-refractivity contribution in [1.82, 2.24) is 5.32 Å². The summed E-state index contributed by atoms with van der Waals surface area (Å²) in [4.78, 5) is 24.0. The van der Waals surface area contributed by atoms with E-state index in [1.54, 1.807) is 38.5 Å². The van der Waals surface area contributed by atoms with Gasteiger partial charge in [0.25, 0.3) is 5.91 Å². The first-order valence-electron chi connectivity index (χ1n) is 8.16. The van der Waals surface area contributed by atoms with Crippen molar-refractivity contribution in [2.75, 3.05) is 20.8 Å². The molecular formula is C20H23NO5. The molecule has 0 aliphatic carbocycles. The van der Waals surface area contributed by atoms with E-state index in [-0.39, 0.29) is 12.5 Å². The second-order valence-electron chi connectivity index (χ2n) is 5.92. The minimum absolute atomic E-state index is 0.292. The quantitative estimate of drug-likeness (QED) is 0.772. The van der Waals surface area contributed by atoms with Crippen LogP contribution in [0.3, 0.4) is 0 Å². The largest absolute Gasteiger partial charge is 0.493 e. The number of benzene rings is 2. The molecule has 2 aromatic carbocycles. The van der Waals surface area contributed by atoms with Gasteiger partial charge in [0.2, 0.25) is 0 Å². The standard InChI is InChI=1S/C20H23NO5/c1-13-7-14(2)9-16(8-13)20(23)26-12-19(22)21-11-15-5-6-17(24-3)18(10-15)25-4/h5-10H,11-12H2,1-4H3,(H,21,22). The first kappa shape index (κ1) is 19.3. The lowest BCUT2D eigenvalue weighted by Gasteiger charge is -2.11. The molecule has 138 valence electrons. The lowest BCUT2D eigenvalue weighted by atomic mass is 10.1. The van der Waals surface area contributed by atoms with E-state index in [0.717, 1.165) is 16.7 Å². The van der Waals surface area contributed by atoms with Crippen LogP contribution in [0.15, 0.2) is 36.4 Å². The molecule has 0 aliphatic heterocycles. The highest BCUT2D eigenvalue weighted by atomic mass is 16.5. The number of ether oxygens (including phenoxy) is 3. The first-order valence-corrected chi connectivity index (χ1v) is 8.16. The summed E-state index contributed by atoms with van der Waals surface area (Å²) in [5.74, 6) is 0.307. The highest BCUT2D eigenvalue weighted by molar-refractivity contribution is 5.91. The fourth-order valence-electron chi connectivity index (χ4n) is 2.55. The van der Waals surface area contributed by atoms with E-state index in [1.165, 1.54) is 0 Å². The predicted octanol–water partition coefficient (Wildman–Crippen LogP) is 2.79. The second-order valence-corrected chi connectivity index (χ2v) is 5.92. The molecule has 6 heteroatoms. The minimum Gasteiger partial charge on any atom is -0.493 e. The Labute approximate surface area is 153 Å². The molecule has 2 rings (SSSR count). The van der Waals surface area contributed by atoms with Crippen LogP contribution in [-0.2, 0) is 16.1 Å².